The Balaban J connectivity index is 2.71. The van der Waals surface area contributed by atoms with Crippen molar-refractivity contribution in [2.24, 2.45) is 0 Å². The van der Waals surface area contributed by atoms with Crippen LogP contribution >= 0.6 is 0 Å². The molecule has 1 aromatic carbocycles. The molecule has 0 spiro atoms. The van der Waals surface area contributed by atoms with Crippen LogP contribution in [0, 0.1) is 11.3 Å². The number of nitrogens with zero attached hydrogens (tertiary/aromatic N) is 2. The highest BCUT2D eigenvalue weighted by molar-refractivity contribution is 5.48. The third-order valence-corrected chi connectivity index (χ3v) is 3.14. The first-order valence-corrected chi connectivity index (χ1v) is 6.68. The minimum atomic E-state index is 0.387. The quantitative estimate of drug-likeness (QED) is 0.802. The Morgan fingerprint density at radius 3 is 2.44 bits per heavy atom. The third-order valence-electron chi connectivity index (χ3n) is 3.14. The van der Waals surface area contributed by atoms with Gasteiger partial charge in [-0.3, -0.25) is 0 Å². The van der Waals surface area contributed by atoms with Gasteiger partial charge in [0.15, 0.2) is 0 Å². The van der Waals surface area contributed by atoms with Gasteiger partial charge in [0.25, 0.3) is 0 Å². The highest BCUT2D eigenvalue weighted by Crippen LogP contribution is 2.19. The Morgan fingerprint density at radius 2 is 1.94 bits per heavy atom. The highest BCUT2D eigenvalue weighted by atomic mass is 15.1. The SMILES string of the molecule is CCNC(C)c1ccc(N(CC)CCC#N)cc1. The van der Waals surface area contributed by atoms with Crippen molar-refractivity contribution in [3.05, 3.63) is 29.8 Å². The zero-order valence-electron chi connectivity index (χ0n) is 11.6. The number of anilines is 1. The molecule has 0 amide bonds. The smallest absolute Gasteiger partial charge is 0.0640 e. The molecule has 0 aliphatic heterocycles. The molecule has 3 nitrogen and oxygen atoms in total. The predicted molar refractivity (Wildman–Crippen MR) is 76.7 cm³/mol. The Kier molecular flexibility index (Phi) is 6.24. The summed E-state index contributed by atoms with van der Waals surface area (Å²) >= 11 is 0. The van der Waals surface area contributed by atoms with Crippen molar-refractivity contribution in [2.75, 3.05) is 24.5 Å². The first-order chi connectivity index (χ1) is 8.72. The normalized spacial score (nSPS) is 11.9. The second kappa shape index (κ2) is 7.73. The number of benzene rings is 1. The Bertz CT molecular complexity index is 378. The van der Waals surface area contributed by atoms with Gasteiger partial charge in [-0.25, -0.2) is 0 Å². The van der Waals surface area contributed by atoms with Crippen LogP contribution in [-0.2, 0) is 0 Å². The van der Waals surface area contributed by atoms with Crippen LogP contribution in [0.1, 0.15) is 38.8 Å². The van der Waals surface area contributed by atoms with Crippen LogP contribution < -0.4 is 10.2 Å². The summed E-state index contributed by atoms with van der Waals surface area (Å²) in [5.41, 5.74) is 2.50. The zero-order valence-corrected chi connectivity index (χ0v) is 11.6. The molecule has 98 valence electrons. The summed E-state index contributed by atoms with van der Waals surface area (Å²) in [7, 11) is 0. The number of rotatable bonds is 7. The summed E-state index contributed by atoms with van der Waals surface area (Å²) in [4.78, 5) is 2.23. The molecule has 0 saturated heterocycles. The topological polar surface area (TPSA) is 39.1 Å². The molecule has 0 aliphatic rings. The van der Waals surface area contributed by atoms with Crippen LogP contribution in [0.15, 0.2) is 24.3 Å². The summed E-state index contributed by atoms with van der Waals surface area (Å²) < 4.78 is 0. The molecule has 0 fully saturated rings. The van der Waals surface area contributed by atoms with Gasteiger partial charge < -0.3 is 10.2 Å². The number of hydrogen-bond acceptors (Lipinski definition) is 3. The first kappa shape index (κ1) is 14.5. The molecule has 1 rings (SSSR count). The summed E-state index contributed by atoms with van der Waals surface area (Å²) in [5, 5.41) is 12.1. The molecule has 0 radical (unpaired) electrons. The van der Waals surface area contributed by atoms with Crippen LogP contribution in [0.3, 0.4) is 0 Å². The molecule has 0 heterocycles. The highest BCUT2D eigenvalue weighted by Gasteiger charge is 2.06. The van der Waals surface area contributed by atoms with E-state index in [1.165, 1.54) is 11.3 Å². The molecular formula is C15H23N3. The maximum Gasteiger partial charge on any atom is 0.0640 e. The Labute approximate surface area is 110 Å². The standard InChI is InChI=1S/C15H23N3/c1-4-17-13(3)14-7-9-15(10-8-14)18(5-2)12-6-11-16/h7-10,13,17H,4-6,12H2,1-3H3. The molecule has 18 heavy (non-hydrogen) atoms. The van der Waals surface area contributed by atoms with Gasteiger partial charge in [0, 0.05) is 24.8 Å². The van der Waals surface area contributed by atoms with Crippen LogP contribution in [0.5, 0.6) is 0 Å². The lowest BCUT2D eigenvalue weighted by Crippen LogP contribution is -2.23. The minimum Gasteiger partial charge on any atom is -0.371 e. The summed E-state index contributed by atoms with van der Waals surface area (Å²) in [5.74, 6) is 0. The van der Waals surface area contributed by atoms with Crippen molar-refractivity contribution in [3.63, 3.8) is 0 Å². The van der Waals surface area contributed by atoms with E-state index in [0.29, 0.717) is 12.5 Å². The molecule has 1 atom stereocenters. The average Bonchev–Trinajstić information content (AvgIpc) is 2.40. The summed E-state index contributed by atoms with van der Waals surface area (Å²) in [6.07, 6.45) is 0.573. The lowest BCUT2D eigenvalue weighted by atomic mass is 10.1. The van der Waals surface area contributed by atoms with E-state index in [1.54, 1.807) is 0 Å². The van der Waals surface area contributed by atoms with E-state index in [1.807, 2.05) is 0 Å². The van der Waals surface area contributed by atoms with Crippen molar-refractivity contribution in [2.45, 2.75) is 33.2 Å². The van der Waals surface area contributed by atoms with Gasteiger partial charge in [-0.15, -0.1) is 0 Å². The number of nitrogens with one attached hydrogen (secondary N) is 1. The fourth-order valence-corrected chi connectivity index (χ4v) is 2.05. The lowest BCUT2D eigenvalue weighted by Gasteiger charge is -2.22. The van der Waals surface area contributed by atoms with Gasteiger partial charge in [-0.05, 0) is 38.1 Å². The van der Waals surface area contributed by atoms with Crippen molar-refractivity contribution >= 4 is 5.69 Å². The van der Waals surface area contributed by atoms with Gasteiger partial charge in [-0.1, -0.05) is 19.1 Å². The Morgan fingerprint density at radius 1 is 1.28 bits per heavy atom. The second-order valence-corrected chi connectivity index (χ2v) is 4.36. The fourth-order valence-electron chi connectivity index (χ4n) is 2.05. The van der Waals surface area contributed by atoms with Gasteiger partial charge >= 0.3 is 0 Å². The van der Waals surface area contributed by atoms with E-state index in [-0.39, 0.29) is 0 Å². The molecular weight excluding hydrogens is 222 g/mol. The van der Waals surface area contributed by atoms with E-state index in [4.69, 9.17) is 5.26 Å². The van der Waals surface area contributed by atoms with Crippen LogP contribution in [-0.4, -0.2) is 19.6 Å². The molecule has 1 N–H and O–H groups in total. The van der Waals surface area contributed by atoms with Gasteiger partial charge in [-0.2, -0.15) is 5.26 Å². The van der Waals surface area contributed by atoms with Crippen molar-refractivity contribution in [3.8, 4) is 6.07 Å². The molecule has 3 heteroatoms. The maximum absolute atomic E-state index is 8.65. The van der Waals surface area contributed by atoms with Crippen molar-refractivity contribution in [1.29, 1.82) is 5.26 Å². The van der Waals surface area contributed by atoms with Crippen LogP contribution in [0.25, 0.3) is 0 Å². The van der Waals surface area contributed by atoms with Crippen LogP contribution in [0.2, 0.25) is 0 Å². The Hall–Kier alpha value is -1.53. The monoisotopic (exact) mass is 245 g/mol. The molecule has 0 aliphatic carbocycles. The first-order valence-electron chi connectivity index (χ1n) is 6.68. The maximum atomic E-state index is 8.65. The lowest BCUT2D eigenvalue weighted by molar-refractivity contribution is 0.598. The molecule has 0 bridgehead atoms. The fraction of sp³-hybridized carbons (Fsp3) is 0.533. The number of hydrogen-bond donors (Lipinski definition) is 1. The molecule has 1 unspecified atom stereocenters. The molecule has 1 aromatic rings. The van der Waals surface area contributed by atoms with E-state index in [9.17, 15) is 0 Å². The number of nitriles is 1. The van der Waals surface area contributed by atoms with Gasteiger partial charge in [0.05, 0.1) is 12.5 Å². The molecule has 0 aromatic heterocycles. The second-order valence-electron chi connectivity index (χ2n) is 4.36. The third kappa shape index (κ3) is 4.05. The average molecular weight is 245 g/mol. The van der Waals surface area contributed by atoms with Crippen molar-refractivity contribution < 1.29 is 0 Å². The van der Waals surface area contributed by atoms with E-state index in [0.717, 1.165) is 19.6 Å². The van der Waals surface area contributed by atoms with Gasteiger partial charge in [0.1, 0.15) is 0 Å². The largest absolute Gasteiger partial charge is 0.371 e. The van der Waals surface area contributed by atoms with Crippen LogP contribution in [0.4, 0.5) is 5.69 Å². The van der Waals surface area contributed by atoms with E-state index in [2.05, 4.69) is 61.3 Å². The van der Waals surface area contributed by atoms with E-state index >= 15 is 0 Å². The summed E-state index contributed by atoms with van der Waals surface area (Å²) in [6, 6.07) is 11.2. The minimum absolute atomic E-state index is 0.387. The summed E-state index contributed by atoms with van der Waals surface area (Å²) in [6.45, 7) is 9.12. The van der Waals surface area contributed by atoms with Crippen molar-refractivity contribution in [1.82, 2.24) is 5.32 Å². The molecule has 0 saturated carbocycles. The zero-order chi connectivity index (χ0) is 13.4. The predicted octanol–water partition coefficient (Wildman–Crippen LogP) is 3.10. The van der Waals surface area contributed by atoms with E-state index < -0.39 is 0 Å². The van der Waals surface area contributed by atoms with Gasteiger partial charge in [0.2, 0.25) is 0 Å².